The molecule has 0 spiro atoms. The summed E-state index contributed by atoms with van der Waals surface area (Å²) < 4.78 is 1.05. The molecule has 3 aromatic rings. The molecule has 21 heavy (non-hydrogen) atoms. The van der Waals surface area contributed by atoms with E-state index in [1.165, 1.54) is 10.8 Å². The van der Waals surface area contributed by atoms with Gasteiger partial charge in [0, 0.05) is 9.35 Å². The second-order valence-electron chi connectivity index (χ2n) is 4.83. The lowest BCUT2D eigenvalue weighted by atomic mass is 10.0. The molecule has 0 saturated heterocycles. The molecule has 4 heteroatoms. The van der Waals surface area contributed by atoms with E-state index in [1.807, 2.05) is 29.6 Å². The summed E-state index contributed by atoms with van der Waals surface area (Å²) in [5.74, 6) is 0.0468. The standard InChI is InChI=1S/C17H14BrNOS/c18-15-7-8-21-16(15)11-19-17(20)10-12-5-6-13-3-1-2-4-14(13)9-12/h1-9H,10-11H2,(H,19,20). The lowest BCUT2D eigenvalue weighted by Crippen LogP contribution is -2.24. The number of amides is 1. The molecule has 1 N–H and O–H groups in total. The fourth-order valence-electron chi connectivity index (χ4n) is 2.23. The molecule has 106 valence electrons. The third-order valence-corrected chi connectivity index (χ3v) is 5.24. The molecule has 0 aliphatic rings. The molecule has 0 bridgehead atoms. The first-order chi connectivity index (χ1) is 10.2. The van der Waals surface area contributed by atoms with Gasteiger partial charge in [0.25, 0.3) is 0 Å². The molecule has 0 radical (unpaired) electrons. The summed E-state index contributed by atoms with van der Waals surface area (Å²) in [4.78, 5) is 13.2. The summed E-state index contributed by atoms with van der Waals surface area (Å²) in [6.45, 7) is 0.574. The molecule has 2 nitrogen and oxygen atoms in total. The molecule has 0 saturated carbocycles. The molecule has 0 atom stereocenters. The van der Waals surface area contributed by atoms with E-state index in [0.29, 0.717) is 13.0 Å². The zero-order chi connectivity index (χ0) is 14.7. The predicted molar refractivity (Wildman–Crippen MR) is 91.5 cm³/mol. The molecule has 1 aromatic heterocycles. The Bertz CT molecular complexity index is 781. The monoisotopic (exact) mass is 359 g/mol. The van der Waals surface area contributed by atoms with E-state index in [0.717, 1.165) is 14.9 Å². The van der Waals surface area contributed by atoms with Crippen LogP contribution in [0.1, 0.15) is 10.4 Å². The SMILES string of the molecule is O=C(Cc1ccc2ccccc2c1)NCc1sccc1Br. The van der Waals surface area contributed by atoms with Crippen molar-refractivity contribution in [2.45, 2.75) is 13.0 Å². The average molecular weight is 360 g/mol. The molecule has 1 amide bonds. The largest absolute Gasteiger partial charge is 0.351 e. The lowest BCUT2D eigenvalue weighted by Gasteiger charge is -2.06. The number of thiophene rings is 1. The first-order valence-corrected chi connectivity index (χ1v) is 8.36. The van der Waals surface area contributed by atoms with Crippen molar-refractivity contribution >= 4 is 43.9 Å². The molecule has 0 aliphatic carbocycles. The second kappa shape index (κ2) is 6.41. The number of hydrogen-bond acceptors (Lipinski definition) is 2. The zero-order valence-electron chi connectivity index (χ0n) is 11.3. The van der Waals surface area contributed by atoms with E-state index in [9.17, 15) is 4.79 Å². The Morgan fingerprint density at radius 1 is 1.10 bits per heavy atom. The smallest absolute Gasteiger partial charge is 0.224 e. The van der Waals surface area contributed by atoms with Crippen molar-refractivity contribution in [2.75, 3.05) is 0 Å². The van der Waals surface area contributed by atoms with Gasteiger partial charge in [-0.25, -0.2) is 0 Å². The van der Waals surface area contributed by atoms with Crippen LogP contribution >= 0.6 is 27.3 Å². The van der Waals surface area contributed by atoms with Crippen LogP contribution in [0.25, 0.3) is 10.8 Å². The molecule has 2 aromatic carbocycles. The molecule has 1 heterocycles. The Balaban J connectivity index is 1.64. The van der Waals surface area contributed by atoms with Gasteiger partial charge in [-0.3, -0.25) is 4.79 Å². The minimum atomic E-state index is 0.0468. The number of carbonyl (C=O) groups excluding carboxylic acids is 1. The third kappa shape index (κ3) is 3.52. The lowest BCUT2D eigenvalue weighted by molar-refractivity contribution is -0.120. The van der Waals surface area contributed by atoms with E-state index < -0.39 is 0 Å². The van der Waals surface area contributed by atoms with Crippen molar-refractivity contribution in [3.8, 4) is 0 Å². The highest BCUT2D eigenvalue weighted by molar-refractivity contribution is 9.10. The van der Waals surface area contributed by atoms with E-state index in [2.05, 4.69) is 45.5 Å². The van der Waals surface area contributed by atoms with Gasteiger partial charge in [-0.05, 0) is 43.7 Å². The van der Waals surface area contributed by atoms with Gasteiger partial charge >= 0.3 is 0 Å². The Labute approximate surface area is 135 Å². The maximum atomic E-state index is 12.0. The first kappa shape index (κ1) is 14.3. The van der Waals surface area contributed by atoms with E-state index in [4.69, 9.17) is 0 Å². The topological polar surface area (TPSA) is 29.1 Å². The summed E-state index contributed by atoms with van der Waals surface area (Å²) in [6.07, 6.45) is 0.411. The Morgan fingerprint density at radius 3 is 2.67 bits per heavy atom. The van der Waals surface area contributed by atoms with Gasteiger partial charge < -0.3 is 5.32 Å². The second-order valence-corrected chi connectivity index (χ2v) is 6.68. The number of nitrogens with one attached hydrogen (secondary N) is 1. The van der Waals surface area contributed by atoms with Crippen LogP contribution in [0.4, 0.5) is 0 Å². The van der Waals surface area contributed by atoms with Crippen LogP contribution < -0.4 is 5.32 Å². The average Bonchev–Trinajstić information content (AvgIpc) is 2.90. The summed E-state index contributed by atoms with van der Waals surface area (Å²) in [5.41, 5.74) is 1.04. The number of halogens is 1. The predicted octanol–water partition coefficient (Wildman–Crippen LogP) is 4.52. The maximum absolute atomic E-state index is 12.0. The van der Waals surface area contributed by atoms with Crippen LogP contribution in [0.2, 0.25) is 0 Å². The summed E-state index contributed by atoms with van der Waals surface area (Å²) >= 11 is 5.11. The Morgan fingerprint density at radius 2 is 1.90 bits per heavy atom. The van der Waals surface area contributed by atoms with Gasteiger partial charge in [0.15, 0.2) is 0 Å². The molecule has 0 unspecified atom stereocenters. The van der Waals surface area contributed by atoms with Crippen LogP contribution in [0.5, 0.6) is 0 Å². The van der Waals surface area contributed by atoms with Crippen molar-refractivity contribution in [1.29, 1.82) is 0 Å². The van der Waals surface area contributed by atoms with Crippen molar-refractivity contribution in [3.05, 3.63) is 68.8 Å². The molecule has 3 rings (SSSR count). The van der Waals surface area contributed by atoms with Gasteiger partial charge in [-0.15, -0.1) is 11.3 Å². The fraction of sp³-hybridized carbons (Fsp3) is 0.118. The molecular weight excluding hydrogens is 346 g/mol. The normalized spacial score (nSPS) is 10.7. The quantitative estimate of drug-likeness (QED) is 0.728. The molecular formula is C17H14BrNOS. The van der Waals surface area contributed by atoms with Crippen LogP contribution in [0.15, 0.2) is 58.4 Å². The van der Waals surface area contributed by atoms with E-state index in [1.54, 1.807) is 11.3 Å². The number of rotatable bonds is 4. The van der Waals surface area contributed by atoms with Gasteiger partial charge in [0.05, 0.1) is 13.0 Å². The maximum Gasteiger partial charge on any atom is 0.224 e. The Kier molecular flexibility index (Phi) is 4.36. The van der Waals surface area contributed by atoms with Crippen molar-refractivity contribution in [3.63, 3.8) is 0 Å². The van der Waals surface area contributed by atoms with Crippen LogP contribution in [0.3, 0.4) is 0 Å². The Hall–Kier alpha value is -1.65. The third-order valence-electron chi connectivity index (χ3n) is 3.32. The van der Waals surface area contributed by atoms with Crippen LogP contribution in [0, 0.1) is 0 Å². The van der Waals surface area contributed by atoms with Gasteiger partial charge in [0.2, 0.25) is 5.91 Å². The van der Waals surface area contributed by atoms with Gasteiger partial charge in [-0.1, -0.05) is 42.5 Å². The van der Waals surface area contributed by atoms with Gasteiger partial charge in [-0.2, -0.15) is 0 Å². The number of benzene rings is 2. The first-order valence-electron chi connectivity index (χ1n) is 6.68. The van der Waals surface area contributed by atoms with Crippen molar-refractivity contribution in [2.24, 2.45) is 0 Å². The van der Waals surface area contributed by atoms with Crippen molar-refractivity contribution in [1.82, 2.24) is 5.32 Å². The summed E-state index contributed by atoms with van der Waals surface area (Å²) in [7, 11) is 0. The summed E-state index contributed by atoms with van der Waals surface area (Å²) in [5, 5.41) is 7.34. The molecule has 0 fully saturated rings. The highest BCUT2D eigenvalue weighted by atomic mass is 79.9. The fourth-order valence-corrected chi connectivity index (χ4v) is 3.66. The van der Waals surface area contributed by atoms with E-state index >= 15 is 0 Å². The number of carbonyl (C=O) groups is 1. The van der Waals surface area contributed by atoms with Gasteiger partial charge in [0.1, 0.15) is 0 Å². The highest BCUT2D eigenvalue weighted by Crippen LogP contribution is 2.22. The van der Waals surface area contributed by atoms with Crippen LogP contribution in [-0.2, 0) is 17.8 Å². The van der Waals surface area contributed by atoms with Crippen LogP contribution in [-0.4, -0.2) is 5.91 Å². The number of fused-ring (bicyclic) bond motifs is 1. The number of hydrogen-bond donors (Lipinski definition) is 1. The minimum absolute atomic E-state index is 0.0468. The zero-order valence-corrected chi connectivity index (χ0v) is 13.7. The summed E-state index contributed by atoms with van der Waals surface area (Å²) in [6, 6.07) is 16.3. The van der Waals surface area contributed by atoms with E-state index in [-0.39, 0.29) is 5.91 Å². The van der Waals surface area contributed by atoms with Crippen molar-refractivity contribution < 1.29 is 4.79 Å². The highest BCUT2D eigenvalue weighted by Gasteiger charge is 2.06. The minimum Gasteiger partial charge on any atom is -0.351 e. The molecule has 0 aliphatic heterocycles.